The molecule has 0 aliphatic carbocycles. The Labute approximate surface area is 118 Å². The maximum Gasteiger partial charge on any atom is 0.254 e. The van der Waals surface area contributed by atoms with Gasteiger partial charge in [-0.3, -0.25) is 4.79 Å². The molecule has 0 spiro atoms. The van der Waals surface area contributed by atoms with Crippen LogP contribution in [-0.2, 0) is 13.0 Å². The van der Waals surface area contributed by atoms with E-state index in [1.807, 2.05) is 17.0 Å². The van der Waals surface area contributed by atoms with Crippen molar-refractivity contribution in [3.63, 3.8) is 0 Å². The Kier molecular flexibility index (Phi) is 3.22. The van der Waals surface area contributed by atoms with E-state index in [4.69, 9.17) is 5.26 Å². The lowest BCUT2D eigenvalue weighted by Gasteiger charge is -2.29. The SMILES string of the molecule is N#Cc1cccc(C(=O)N2CCc3ccccc3C2)c1. The summed E-state index contributed by atoms with van der Waals surface area (Å²) >= 11 is 0. The van der Waals surface area contributed by atoms with Crippen LogP contribution in [0.3, 0.4) is 0 Å². The standard InChI is InChI=1S/C17H14N2O/c18-11-13-4-3-7-15(10-13)17(20)19-9-8-14-5-1-2-6-16(14)12-19/h1-7,10H,8-9,12H2. The highest BCUT2D eigenvalue weighted by Gasteiger charge is 2.21. The highest BCUT2D eigenvalue weighted by atomic mass is 16.2. The molecule has 1 aliphatic heterocycles. The van der Waals surface area contributed by atoms with Gasteiger partial charge in [-0.15, -0.1) is 0 Å². The molecule has 0 fully saturated rings. The number of carbonyl (C=O) groups excluding carboxylic acids is 1. The first kappa shape index (κ1) is 12.4. The molecule has 2 aromatic carbocycles. The van der Waals surface area contributed by atoms with Crippen molar-refractivity contribution in [2.24, 2.45) is 0 Å². The smallest absolute Gasteiger partial charge is 0.254 e. The third kappa shape index (κ3) is 2.28. The van der Waals surface area contributed by atoms with Gasteiger partial charge in [0.15, 0.2) is 0 Å². The van der Waals surface area contributed by atoms with Crippen LogP contribution in [-0.4, -0.2) is 17.4 Å². The Balaban J connectivity index is 1.84. The van der Waals surface area contributed by atoms with Gasteiger partial charge in [-0.05, 0) is 35.7 Å². The summed E-state index contributed by atoms with van der Waals surface area (Å²) in [4.78, 5) is 14.3. The monoisotopic (exact) mass is 262 g/mol. The van der Waals surface area contributed by atoms with Gasteiger partial charge in [0.25, 0.3) is 5.91 Å². The van der Waals surface area contributed by atoms with Gasteiger partial charge in [0.2, 0.25) is 0 Å². The molecule has 3 rings (SSSR count). The minimum atomic E-state index is -0.00315. The van der Waals surface area contributed by atoms with Gasteiger partial charge in [-0.2, -0.15) is 5.26 Å². The molecule has 1 heterocycles. The number of hydrogen-bond donors (Lipinski definition) is 0. The lowest BCUT2D eigenvalue weighted by atomic mass is 9.99. The van der Waals surface area contributed by atoms with Crippen LogP contribution in [0.4, 0.5) is 0 Å². The topological polar surface area (TPSA) is 44.1 Å². The number of nitriles is 1. The molecular formula is C17H14N2O. The second-order valence-corrected chi connectivity index (χ2v) is 4.94. The Morgan fingerprint density at radius 3 is 2.70 bits per heavy atom. The van der Waals surface area contributed by atoms with Crippen LogP contribution >= 0.6 is 0 Å². The van der Waals surface area contributed by atoms with E-state index in [-0.39, 0.29) is 5.91 Å². The number of carbonyl (C=O) groups is 1. The number of amides is 1. The molecule has 3 nitrogen and oxygen atoms in total. The van der Waals surface area contributed by atoms with Crippen molar-refractivity contribution in [1.29, 1.82) is 5.26 Å². The van der Waals surface area contributed by atoms with Crippen LogP contribution < -0.4 is 0 Å². The molecule has 98 valence electrons. The molecule has 1 aliphatic rings. The van der Waals surface area contributed by atoms with E-state index in [1.165, 1.54) is 11.1 Å². The molecule has 0 atom stereocenters. The summed E-state index contributed by atoms with van der Waals surface area (Å²) in [5, 5.41) is 8.91. The van der Waals surface area contributed by atoms with E-state index < -0.39 is 0 Å². The van der Waals surface area contributed by atoms with Gasteiger partial charge >= 0.3 is 0 Å². The molecule has 0 unspecified atom stereocenters. The predicted molar refractivity (Wildman–Crippen MR) is 76.0 cm³/mol. The van der Waals surface area contributed by atoms with Gasteiger partial charge < -0.3 is 4.90 Å². The van der Waals surface area contributed by atoms with E-state index >= 15 is 0 Å². The number of benzene rings is 2. The fourth-order valence-electron chi connectivity index (χ4n) is 2.57. The Bertz CT molecular complexity index is 700. The normalized spacial score (nSPS) is 13.4. The summed E-state index contributed by atoms with van der Waals surface area (Å²) in [6, 6.07) is 17.2. The van der Waals surface area contributed by atoms with Gasteiger partial charge in [0.05, 0.1) is 11.6 Å². The predicted octanol–water partition coefficient (Wildman–Crippen LogP) is 2.76. The maximum absolute atomic E-state index is 12.5. The van der Waals surface area contributed by atoms with Crippen molar-refractivity contribution >= 4 is 5.91 Å². The first-order valence-corrected chi connectivity index (χ1v) is 6.64. The minimum Gasteiger partial charge on any atom is -0.334 e. The van der Waals surface area contributed by atoms with Crippen molar-refractivity contribution in [1.82, 2.24) is 4.90 Å². The summed E-state index contributed by atoms with van der Waals surface area (Å²) in [5.74, 6) is -0.00315. The second-order valence-electron chi connectivity index (χ2n) is 4.94. The van der Waals surface area contributed by atoms with E-state index in [1.54, 1.807) is 24.3 Å². The number of rotatable bonds is 1. The molecule has 1 amide bonds. The second kappa shape index (κ2) is 5.18. The average Bonchev–Trinajstić information content (AvgIpc) is 2.53. The van der Waals surface area contributed by atoms with E-state index in [0.717, 1.165) is 13.0 Å². The summed E-state index contributed by atoms with van der Waals surface area (Å²) in [6.45, 7) is 1.37. The third-order valence-electron chi connectivity index (χ3n) is 3.66. The zero-order chi connectivity index (χ0) is 13.9. The zero-order valence-corrected chi connectivity index (χ0v) is 11.0. The van der Waals surface area contributed by atoms with Crippen molar-refractivity contribution in [2.75, 3.05) is 6.54 Å². The average molecular weight is 262 g/mol. The van der Waals surface area contributed by atoms with Gasteiger partial charge in [0, 0.05) is 18.7 Å². The highest BCUT2D eigenvalue weighted by Crippen LogP contribution is 2.20. The number of nitrogens with zero attached hydrogens (tertiary/aromatic N) is 2. The van der Waals surface area contributed by atoms with Gasteiger partial charge in [0.1, 0.15) is 0 Å². The lowest BCUT2D eigenvalue weighted by Crippen LogP contribution is -2.35. The van der Waals surface area contributed by atoms with Gasteiger partial charge in [-0.25, -0.2) is 0 Å². The quantitative estimate of drug-likeness (QED) is 0.793. The van der Waals surface area contributed by atoms with Gasteiger partial charge in [-0.1, -0.05) is 30.3 Å². The third-order valence-corrected chi connectivity index (χ3v) is 3.66. The first-order chi connectivity index (χ1) is 9.78. The lowest BCUT2D eigenvalue weighted by molar-refractivity contribution is 0.0734. The molecule has 20 heavy (non-hydrogen) atoms. The van der Waals surface area contributed by atoms with Crippen molar-refractivity contribution in [2.45, 2.75) is 13.0 Å². The molecule has 0 saturated carbocycles. The van der Waals surface area contributed by atoms with Crippen LogP contribution in [0.5, 0.6) is 0 Å². The fourth-order valence-corrected chi connectivity index (χ4v) is 2.57. The maximum atomic E-state index is 12.5. The Hall–Kier alpha value is -2.60. The molecule has 3 heteroatoms. The van der Waals surface area contributed by atoms with Crippen molar-refractivity contribution in [3.8, 4) is 6.07 Å². The van der Waals surface area contributed by atoms with Crippen LogP contribution in [0.15, 0.2) is 48.5 Å². The van der Waals surface area contributed by atoms with Crippen LogP contribution in [0.1, 0.15) is 27.0 Å². The van der Waals surface area contributed by atoms with Crippen LogP contribution in [0, 0.1) is 11.3 Å². The molecule has 0 N–H and O–H groups in total. The number of hydrogen-bond acceptors (Lipinski definition) is 2. The summed E-state index contributed by atoms with van der Waals surface area (Å²) < 4.78 is 0. The Morgan fingerprint density at radius 1 is 1.10 bits per heavy atom. The largest absolute Gasteiger partial charge is 0.334 e. The molecule has 0 saturated heterocycles. The molecule has 0 bridgehead atoms. The van der Waals surface area contributed by atoms with E-state index in [0.29, 0.717) is 17.7 Å². The zero-order valence-electron chi connectivity index (χ0n) is 11.0. The van der Waals surface area contributed by atoms with Crippen LogP contribution in [0.25, 0.3) is 0 Å². The van der Waals surface area contributed by atoms with Crippen molar-refractivity contribution in [3.05, 3.63) is 70.8 Å². The summed E-state index contributed by atoms with van der Waals surface area (Å²) in [5.41, 5.74) is 3.64. The molecule has 0 aromatic heterocycles. The van der Waals surface area contributed by atoms with E-state index in [2.05, 4.69) is 18.2 Å². The van der Waals surface area contributed by atoms with Crippen molar-refractivity contribution < 1.29 is 4.79 Å². The molecule has 0 radical (unpaired) electrons. The Morgan fingerprint density at radius 2 is 1.90 bits per heavy atom. The summed E-state index contributed by atoms with van der Waals surface area (Å²) in [6.07, 6.45) is 0.889. The van der Waals surface area contributed by atoms with E-state index in [9.17, 15) is 4.79 Å². The highest BCUT2D eigenvalue weighted by molar-refractivity contribution is 5.94. The first-order valence-electron chi connectivity index (χ1n) is 6.64. The van der Waals surface area contributed by atoms with Crippen LogP contribution in [0.2, 0.25) is 0 Å². The summed E-state index contributed by atoms with van der Waals surface area (Å²) in [7, 11) is 0. The molecule has 2 aromatic rings. The minimum absolute atomic E-state index is 0.00315. The molecular weight excluding hydrogens is 248 g/mol. The fraction of sp³-hybridized carbons (Fsp3) is 0.176. The number of fused-ring (bicyclic) bond motifs is 1.